The van der Waals surface area contributed by atoms with Gasteiger partial charge in [-0.2, -0.15) is 0 Å². The van der Waals surface area contributed by atoms with E-state index in [1.807, 2.05) is 0 Å². The largest absolute Gasteiger partial charge is 0.217 e. The van der Waals surface area contributed by atoms with Crippen LogP contribution in [0, 0.1) is 0 Å². The first-order valence-electron chi connectivity index (χ1n) is 2.48. The molecule has 0 heterocycles. The van der Waals surface area contributed by atoms with Crippen molar-refractivity contribution in [2.75, 3.05) is 12.0 Å². The van der Waals surface area contributed by atoms with Gasteiger partial charge in [-0.3, -0.25) is 0 Å². The van der Waals surface area contributed by atoms with Crippen molar-refractivity contribution in [3.8, 4) is 0 Å². The first-order chi connectivity index (χ1) is 3.06. The second kappa shape index (κ2) is 2.41. The van der Waals surface area contributed by atoms with E-state index in [9.17, 15) is 0 Å². The number of hydrogen-bond donors (Lipinski definition) is 0. The summed E-state index contributed by atoms with van der Waals surface area (Å²) in [6.07, 6.45) is 3.36. The van der Waals surface area contributed by atoms with Crippen LogP contribution in [0.3, 0.4) is 0 Å². The maximum atomic E-state index is 3.93. The minimum Gasteiger partial charge on any atom is -0.217 e. The summed E-state index contributed by atoms with van der Waals surface area (Å²) >= 11 is 0. The van der Waals surface area contributed by atoms with E-state index in [4.69, 9.17) is 0 Å². The molecule has 0 N–H and O–H groups in total. The first-order valence-corrected chi connectivity index (χ1v) is 5.03. The normalized spacial score (nSPS) is 11.7. The van der Waals surface area contributed by atoms with Gasteiger partial charge in [0.1, 0.15) is 0 Å². The lowest BCUT2D eigenvalue weighted by atomic mass is 10.6. The molecule has 0 aliphatic heterocycles. The summed E-state index contributed by atoms with van der Waals surface area (Å²) in [5.41, 5.74) is 0. The van der Waals surface area contributed by atoms with E-state index in [0.29, 0.717) is 0 Å². The van der Waals surface area contributed by atoms with Crippen LogP contribution in [-0.4, -0.2) is 23.7 Å². The van der Waals surface area contributed by atoms with Crippen molar-refractivity contribution in [3.63, 3.8) is 0 Å². The van der Waals surface area contributed by atoms with Crippen LogP contribution in [0.25, 0.3) is 0 Å². The second-order valence-electron chi connectivity index (χ2n) is 2.18. The van der Waals surface area contributed by atoms with Crippen LogP contribution in [0.15, 0.2) is 0 Å². The Morgan fingerprint density at radius 3 is 1.86 bits per heavy atom. The fraction of sp³-hybridized carbons (Fsp3) is 0.667. The highest BCUT2D eigenvalue weighted by molar-refractivity contribution is 8.27. The summed E-state index contributed by atoms with van der Waals surface area (Å²) in [4.78, 5) is 0. The Bertz CT molecular complexity index is 117. The molecule has 0 aliphatic rings. The summed E-state index contributed by atoms with van der Waals surface area (Å²) in [5.74, 6) is 9.07. The predicted molar refractivity (Wildman–Crippen MR) is 42.9 cm³/mol. The van der Waals surface area contributed by atoms with Crippen molar-refractivity contribution >= 4 is 20.9 Å². The molecule has 0 saturated heterocycles. The van der Waals surface area contributed by atoms with Gasteiger partial charge in [-0.15, -0.1) is 0 Å². The van der Waals surface area contributed by atoms with E-state index in [0.717, 1.165) is 0 Å². The lowest BCUT2D eigenvalue weighted by Gasteiger charge is -2.01. The molecule has 0 fully saturated rings. The average Bonchev–Trinajstić information content (AvgIpc) is 1.30. The summed E-state index contributed by atoms with van der Waals surface area (Å²) < 4.78 is 0. The maximum Gasteiger partial charge on any atom is -0.0174 e. The van der Waals surface area contributed by atoms with Crippen molar-refractivity contribution in [1.29, 1.82) is 0 Å². The SMILES string of the molecule is C=S(=C)(C)CCC. The van der Waals surface area contributed by atoms with Crippen molar-refractivity contribution in [3.05, 3.63) is 0 Å². The fourth-order valence-electron chi connectivity index (χ4n) is 0.493. The van der Waals surface area contributed by atoms with Gasteiger partial charge in [0.15, 0.2) is 0 Å². The third kappa shape index (κ3) is 6.09. The Labute approximate surface area is 47.0 Å². The molecule has 0 nitrogen and oxygen atoms in total. The highest BCUT2D eigenvalue weighted by atomic mass is 32.2. The Morgan fingerprint density at radius 2 is 1.86 bits per heavy atom. The van der Waals surface area contributed by atoms with Gasteiger partial charge in [-0.05, 0) is 18.4 Å². The van der Waals surface area contributed by atoms with Gasteiger partial charge in [0.2, 0.25) is 0 Å². The van der Waals surface area contributed by atoms with Crippen molar-refractivity contribution in [1.82, 2.24) is 0 Å². The van der Waals surface area contributed by atoms with Crippen LogP contribution >= 0.6 is 9.21 Å². The summed E-state index contributed by atoms with van der Waals surface area (Å²) in [6, 6.07) is 0. The van der Waals surface area contributed by atoms with Gasteiger partial charge in [-0.1, -0.05) is 18.7 Å². The zero-order valence-electron chi connectivity index (χ0n) is 5.24. The minimum atomic E-state index is -0.674. The lowest BCUT2D eigenvalue weighted by Crippen LogP contribution is -1.79. The van der Waals surface area contributed by atoms with E-state index < -0.39 is 9.21 Å². The number of rotatable bonds is 2. The van der Waals surface area contributed by atoms with Crippen LogP contribution in [0.5, 0.6) is 0 Å². The zero-order valence-corrected chi connectivity index (χ0v) is 6.05. The van der Waals surface area contributed by atoms with E-state index in [2.05, 4.69) is 24.9 Å². The molecule has 44 valence electrons. The predicted octanol–water partition coefficient (Wildman–Crippen LogP) is 1.69. The third-order valence-electron chi connectivity index (χ3n) is 0.697. The van der Waals surface area contributed by atoms with Gasteiger partial charge in [0.25, 0.3) is 0 Å². The van der Waals surface area contributed by atoms with Gasteiger partial charge >= 0.3 is 0 Å². The van der Waals surface area contributed by atoms with Crippen molar-refractivity contribution in [2.24, 2.45) is 0 Å². The second-order valence-corrected chi connectivity index (χ2v) is 5.55. The molecule has 0 atom stereocenters. The van der Waals surface area contributed by atoms with E-state index in [-0.39, 0.29) is 0 Å². The molecular formula is C6H14S. The van der Waals surface area contributed by atoms with Crippen molar-refractivity contribution < 1.29 is 0 Å². The van der Waals surface area contributed by atoms with Gasteiger partial charge < -0.3 is 0 Å². The van der Waals surface area contributed by atoms with Gasteiger partial charge in [-0.25, -0.2) is 9.21 Å². The molecule has 0 aliphatic carbocycles. The standard InChI is InChI=1S/C6H14S/c1-5-6-7(2,3)4/h2-3,5-6H2,1,4H3. The highest BCUT2D eigenvalue weighted by Gasteiger charge is 1.81. The molecule has 0 radical (unpaired) electrons. The highest BCUT2D eigenvalue weighted by Crippen LogP contribution is 2.11. The molecule has 0 spiro atoms. The monoisotopic (exact) mass is 118 g/mol. The molecule has 0 saturated carbocycles. The minimum absolute atomic E-state index is 0.674. The smallest absolute Gasteiger partial charge is 0.0174 e. The molecule has 0 aromatic heterocycles. The Balaban J connectivity index is 3.60. The Morgan fingerprint density at radius 1 is 1.43 bits per heavy atom. The molecule has 0 bridgehead atoms. The topological polar surface area (TPSA) is 0 Å². The number of hydrogen-bond acceptors (Lipinski definition) is 0. The Hall–Kier alpha value is 0.0900. The Kier molecular flexibility index (Phi) is 2.44. The van der Waals surface area contributed by atoms with E-state index in [1.54, 1.807) is 0 Å². The maximum absolute atomic E-state index is 3.93. The summed E-state index contributed by atoms with van der Waals surface area (Å²) in [6.45, 7) is 2.17. The quantitative estimate of drug-likeness (QED) is 0.484. The van der Waals surface area contributed by atoms with Crippen molar-refractivity contribution in [2.45, 2.75) is 13.3 Å². The average molecular weight is 118 g/mol. The zero-order chi connectivity index (χ0) is 5.91. The summed E-state index contributed by atoms with van der Waals surface area (Å²) in [7, 11) is -0.674. The molecule has 0 rings (SSSR count). The van der Waals surface area contributed by atoms with Crippen LogP contribution in [0.2, 0.25) is 0 Å². The molecule has 0 aromatic carbocycles. The van der Waals surface area contributed by atoms with E-state index in [1.165, 1.54) is 12.2 Å². The lowest BCUT2D eigenvalue weighted by molar-refractivity contribution is 1.11. The molecule has 0 aromatic rings. The molecule has 0 amide bonds. The molecule has 7 heavy (non-hydrogen) atoms. The molecule has 1 heteroatoms. The van der Waals surface area contributed by atoms with Crippen LogP contribution in [0.4, 0.5) is 0 Å². The van der Waals surface area contributed by atoms with Crippen LogP contribution in [-0.2, 0) is 0 Å². The molecule has 0 unspecified atom stereocenters. The fourth-order valence-corrected chi connectivity index (χ4v) is 1.48. The van der Waals surface area contributed by atoms with Crippen LogP contribution in [0.1, 0.15) is 13.3 Å². The summed E-state index contributed by atoms with van der Waals surface area (Å²) in [5, 5.41) is 0. The third-order valence-corrected chi connectivity index (χ3v) is 2.09. The first kappa shape index (κ1) is 7.09. The molecular weight excluding hydrogens is 104 g/mol. The van der Waals surface area contributed by atoms with Crippen LogP contribution < -0.4 is 0 Å². The van der Waals surface area contributed by atoms with Gasteiger partial charge in [0.05, 0.1) is 0 Å². The van der Waals surface area contributed by atoms with Gasteiger partial charge in [0, 0.05) is 0 Å². The van der Waals surface area contributed by atoms with E-state index >= 15 is 0 Å².